The van der Waals surface area contributed by atoms with Crippen LogP contribution in [0.25, 0.3) is 0 Å². The molecule has 0 radical (unpaired) electrons. The molecular formula is C13H26O7. The smallest absolute Gasteiger partial charge is 0.104 e. The van der Waals surface area contributed by atoms with Crippen LogP contribution < -0.4 is 0 Å². The maximum absolute atomic E-state index is 8.49. The van der Waals surface area contributed by atoms with Crippen LogP contribution >= 0.6 is 0 Å². The zero-order valence-corrected chi connectivity index (χ0v) is 12.0. The first-order valence-electron chi connectivity index (χ1n) is 7.04. The monoisotopic (exact) mass is 294 g/mol. The van der Waals surface area contributed by atoms with Gasteiger partial charge in [-0.25, -0.2) is 0 Å². The number of rotatable bonds is 1. The average molecular weight is 294 g/mol. The lowest BCUT2D eigenvalue weighted by atomic mass is 10.4. The zero-order valence-electron chi connectivity index (χ0n) is 12.0. The van der Waals surface area contributed by atoms with Crippen molar-refractivity contribution in [2.75, 3.05) is 79.3 Å². The lowest BCUT2D eigenvalue weighted by molar-refractivity contribution is -0.105. The SMILES string of the molecule is C1COCCO1.C1COCCO1.OCC1COCCO1. The van der Waals surface area contributed by atoms with Crippen molar-refractivity contribution in [2.45, 2.75) is 6.10 Å². The van der Waals surface area contributed by atoms with E-state index in [0.29, 0.717) is 19.8 Å². The Balaban J connectivity index is 0.000000152. The van der Waals surface area contributed by atoms with Gasteiger partial charge < -0.3 is 33.5 Å². The third-order valence-electron chi connectivity index (χ3n) is 2.58. The second kappa shape index (κ2) is 13.7. The van der Waals surface area contributed by atoms with Gasteiger partial charge in [-0.1, -0.05) is 0 Å². The Morgan fingerprint density at radius 2 is 1.00 bits per heavy atom. The first kappa shape index (κ1) is 17.8. The Bertz CT molecular complexity index is 154. The van der Waals surface area contributed by atoms with E-state index in [1.54, 1.807) is 0 Å². The van der Waals surface area contributed by atoms with Crippen LogP contribution in [0.2, 0.25) is 0 Å². The molecule has 0 amide bonds. The van der Waals surface area contributed by atoms with Crippen molar-refractivity contribution >= 4 is 0 Å². The number of hydrogen-bond acceptors (Lipinski definition) is 7. The Kier molecular flexibility index (Phi) is 12.2. The van der Waals surface area contributed by atoms with Crippen LogP contribution in [0.1, 0.15) is 0 Å². The summed E-state index contributed by atoms with van der Waals surface area (Å²) in [6.45, 7) is 8.11. The van der Waals surface area contributed by atoms with E-state index in [1.807, 2.05) is 0 Å². The summed E-state index contributed by atoms with van der Waals surface area (Å²) >= 11 is 0. The molecule has 1 N–H and O–H groups in total. The first-order valence-corrected chi connectivity index (χ1v) is 7.04. The Morgan fingerprint density at radius 3 is 1.20 bits per heavy atom. The number of ether oxygens (including phenoxy) is 6. The highest BCUT2D eigenvalue weighted by Crippen LogP contribution is 1.97. The van der Waals surface area contributed by atoms with Crippen LogP contribution in [-0.4, -0.2) is 90.5 Å². The Hall–Kier alpha value is -0.280. The summed E-state index contributed by atoms with van der Waals surface area (Å²) in [5, 5.41) is 8.49. The molecule has 3 rings (SSSR count). The highest BCUT2D eigenvalue weighted by atomic mass is 16.6. The van der Waals surface area contributed by atoms with Gasteiger partial charge in [-0.05, 0) is 0 Å². The molecule has 0 aromatic rings. The van der Waals surface area contributed by atoms with Gasteiger partial charge in [-0.3, -0.25) is 0 Å². The van der Waals surface area contributed by atoms with Crippen molar-refractivity contribution in [1.29, 1.82) is 0 Å². The molecule has 20 heavy (non-hydrogen) atoms. The number of aliphatic hydroxyl groups excluding tert-OH is 1. The average Bonchev–Trinajstić information content (AvgIpc) is 2.60. The minimum atomic E-state index is -0.0799. The molecule has 3 heterocycles. The Morgan fingerprint density at radius 1 is 0.600 bits per heavy atom. The summed E-state index contributed by atoms with van der Waals surface area (Å²) in [5.41, 5.74) is 0. The fourth-order valence-electron chi connectivity index (χ4n) is 1.52. The summed E-state index contributed by atoms with van der Waals surface area (Å²) in [7, 11) is 0. The number of hydrogen-bond donors (Lipinski definition) is 1. The highest BCUT2D eigenvalue weighted by Gasteiger charge is 2.11. The van der Waals surface area contributed by atoms with Crippen LogP contribution in [0.15, 0.2) is 0 Å². The van der Waals surface area contributed by atoms with Crippen LogP contribution in [0.4, 0.5) is 0 Å². The molecule has 0 bridgehead atoms. The normalized spacial score (nSPS) is 26.6. The predicted octanol–water partition coefficient (Wildman–Crippen LogP) is -0.539. The van der Waals surface area contributed by atoms with E-state index < -0.39 is 0 Å². The summed E-state index contributed by atoms with van der Waals surface area (Å²) in [4.78, 5) is 0. The maximum atomic E-state index is 8.49. The minimum absolute atomic E-state index is 0.0694. The quantitative estimate of drug-likeness (QED) is 0.696. The van der Waals surface area contributed by atoms with Crippen LogP contribution in [0, 0.1) is 0 Å². The van der Waals surface area contributed by atoms with E-state index >= 15 is 0 Å². The van der Waals surface area contributed by atoms with Crippen LogP contribution in [0.5, 0.6) is 0 Å². The molecule has 3 saturated heterocycles. The molecule has 3 fully saturated rings. The fraction of sp³-hybridized carbons (Fsp3) is 1.00. The van der Waals surface area contributed by atoms with Gasteiger partial charge in [0.25, 0.3) is 0 Å². The molecule has 0 aliphatic carbocycles. The molecule has 1 atom stereocenters. The summed E-state index contributed by atoms with van der Waals surface area (Å²) in [5.74, 6) is 0. The van der Waals surface area contributed by atoms with Gasteiger partial charge in [0.05, 0.1) is 79.3 Å². The molecule has 0 saturated carbocycles. The molecule has 0 aromatic carbocycles. The molecule has 120 valence electrons. The highest BCUT2D eigenvalue weighted by molar-refractivity contribution is 4.56. The van der Waals surface area contributed by atoms with Crippen molar-refractivity contribution in [3.05, 3.63) is 0 Å². The van der Waals surface area contributed by atoms with Gasteiger partial charge in [-0.2, -0.15) is 0 Å². The van der Waals surface area contributed by atoms with Crippen molar-refractivity contribution in [2.24, 2.45) is 0 Å². The molecule has 0 spiro atoms. The first-order chi connectivity index (χ1) is 9.93. The van der Waals surface area contributed by atoms with Crippen molar-refractivity contribution in [3.8, 4) is 0 Å². The molecule has 7 nitrogen and oxygen atoms in total. The van der Waals surface area contributed by atoms with E-state index in [-0.39, 0.29) is 12.7 Å². The molecule has 1 unspecified atom stereocenters. The van der Waals surface area contributed by atoms with E-state index in [2.05, 4.69) is 0 Å². The maximum Gasteiger partial charge on any atom is 0.104 e. The Labute approximate surface area is 120 Å². The predicted molar refractivity (Wildman–Crippen MR) is 70.9 cm³/mol. The minimum Gasteiger partial charge on any atom is -0.394 e. The fourth-order valence-corrected chi connectivity index (χ4v) is 1.52. The van der Waals surface area contributed by atoms with E-state index in [0.717, 1.165) is 52.9 Å². The van der Waals surface area contributed by atoms with E-state index in [1.165, 1.54) is 0 Å². The molecule has 7 heteroatoms. The van der Waals surface area contributed by atoms with Crippen molar-refractivity contribution in [1.82, 2.24) is 0 Å². The second-order valence-electron chi connectivity index (χ2n) is 4.20. The molecule has 3 aliphatic rings. The standard InChI is InChI=1S/C5H10O3.2C4H8O2/c6-3-5-4-7-1-2-8-5;2*1-2-6-4-3-5-1/h5-6H,1-4H2;2*1-4H2. The molecular weight excluding hydrogens is 268 g/mol. The topological polar surface area (TPSA) is 75.6 Å². The van der Waals surface area contributed by atoms with E-state index in [9.17, 15) is 0 Å². The largest absolute Gasteiger partial charge is 0.394 e. The third kappa shape index (κ3) is 10.5. The van der Waals surface area contributed by atoms with Gasteiger partial charge in [-0.15, -0.1) is 0 Å². The summed E-state index contributed by atoms with van der Waals surface area (Å²) in [6, 6.07) is 0. The van der Waals surface area contributed by atoms with Crippen molar-refractivity contribution in [3.63, 3.8) is 0 Å². The second-order valence-corrected chi connectivity index (χ2v) is 4.20. The number of aliphatic hydroxyl groups is 1. The third-order valence-corrected chi connectivity index (χ3v) is 2.58. The van der Waals surface area contributed by atoms with Gasteiger partial charge >= 0.3 is 0 Å². The van der Waals surface area contributed by atoms with Gasteiger partial charge in [0.15, 0.2) is 0 Å². The summed E-state index contributed by atoms with van der Waals surface area (Å²) < 4.78 is 29.8. The van der Waals surface area contributed by atoms with Gasteiger partial charge in [0.2, 0.25) is 0 Å². The lowest BCUT2D eigenvalue weighted by Crippen LogP contribution is -2.31. The van der Waals surface area contributed by atoms with Crippen LogP contribution in [-0.2, 0) is 28.4 Å². The molecule has 3 aliphatic heterocycles. The zero-order chi connectivity index (χ0) is 14.3. The van der Waals surface area contributed by atoms with Gasteiger partial charge in [0.1, 0.15) is 6.10 Å². The van der Waals surface area contributed by atoms with Crippen molar-refractivity contribution < 1.29 is 33.5 Å². The lowest BCUT2D eigenvalue weighted by Gasteiger charge is -2.20. The van der Waals surface area contributed by atoms with Crippen LogP contribution in [0.3, 0.4) is 0 Å². The summed E-state index contributed by atoms with van der Waals surface area (Å²) in [6.07, 6.45) is -0.0799. The van der Waals surface area contributed by atoms with E-state index in [4.69, 9.17) is 33.5 Å². The van der Waals surface area contributed by atoms with Gasteiger partial charge in [0, 0.05) is 0 Å². The molecule has 0 aromatic heterocycles.